The molecule has 1 saturated heterocycles. The maximum absolute atomic E-state index is 10.5. The molecule has 1 fully saturated rings. The molecule has 0 amide bonds. The minimum atomic E-state index is -1.24. The molecular weight excluding hydrogens is 458 g/mol. The molecule has 2 aliphatic heterocycles. The molecule has 0 bridgehead atoms. The Morgan fingerprint density at radius 2 is 1.97 bits per heavy atom. The summed E-state index contributed by atoms with van der Waals surface area (Å²) in [6.07, 6.45) is 0.308. The van der Waals surface area contributed by atoms with Gasteiger partial charge < -0.3 is 25.0 Å². The smallest absolute Gasteiger partial charge is 0.226 e. The third-order valence-electron chi connectivity index (χ3n) is 7.32. The lowest BCUT2D eigenvalue weighted by molar-refractivity contribution is -0.0511. The van der Waals surface area contributed by atoms with Crippen LogP contribution in [0.4, 0.5) is 5.82 Å². The van der Waals surface area contributed by atoms with E-state index in [0.29, 0.717) is 23.5 Å². The van der Waals surface area contributed by atoms with Crippen molar-refractivity contribution in [3.05, 3.63) is 47.0 Å². The number of hydrogen-bond acceptors (Lipinski definition) is 8. The summed E-state index contributed by atoms with van der Waals surface area (Å²) in [6, 6.07) is 8.58. The number of halogens is 1. The van der Waals surface area contributed by atoms with Gasteiger partial charge in [-0.2, -0.15) is 9.97 Å². The van der Waals surface area contributed by atoms with E-state index in [9.17, 15) is 15.3 Å². The largest absolute Gasteiger partial charge is 0.394 e. The molecule has 0 aliphatic carbocycles. The van der Waals surface area contributed by atoms with E-state index in [1.165, 1.54) is 17.5 Å². The SMILES string of the molecule is CCCC1(CC)CN(c2nc(Cl)nc3c2ncn3C2OC(CO)C(O)C2O)Cc2ccccc21. The van der Waals surface area contributed by atoms with Crippen molar-refractivity contribution in [1.29, 1.82) is 0 Å². The van der Waals surface area contributed by atoms with E-state index in [-0.39, 0.29) is 10.7 Å². The highest BCUT2D eigenvalue weighted by atomic mass is 35.5. The second-order valence-corrected chi connectivity index (χ2v) is 9.60. The van der Waals surface area contributed by atoms with Gasteiger partial charge in [0.15, 0.2) is 23.2 Å². The number of imidazole rings is 1. The number of aliphatic hydroxyl groups excluding tert-OH is 3. The Labute approximate surface area is 203 Å². The highest BCUT2D eigenvalue weighted by Crippen LogP contribution is 2.42. The standard InChI is InChI=1S/C24H30ClN5O4/c1-3-9-24(4-2)12-29(10-14-7-5-6-8-15(14)24)20-17-21(28-23(25)27-20)30(13-26-17)22-19(33)18(32)16(11-31)34-22/h5-8,13,16,18-19,22,31-33H,3-4,9-12H2,1-2H3. The number of hydrogen-bond donors (Lipinski definition) is 3. The average molecular weight is 488 g/mol. The number of aliphatic hydroxyl groups is 3. The van der Waals surface area contributed by atoms with Crippen molar-refractivity contribution in [3.8, 4) is 0 Å². The lowest BCUT2D eigenvalue weighted by atomic mass is 9.70. The highest BCUT2D eigenvalue weighted by Gasteiger charge is 2.44. The minimum absolute atomic E-state index is 0.0148. The van der Waals surface area contributed by atoms with Gasteiger partial charge in [0.2, 0.25) is 5.28 Å². The van der Waals surface area contributed by atoms with Crippen LogP contribution in [0.3, 0.4) is 0 Å². The quantitative estimate of drug-likeness (QED) is 0.454. The summed E-state index contributed by atoms with van der Waals surface area (Å²) < 4.78 is 7.25. The van der Waals surface area contributed by atoms with Crippen LogP contribution in [0.2, 0.25) is 5.28 Å². The number of nitrogens with zero attached hydrogens (tertiary/aromatic N) is 5. The zero-order chi connectivity index (χ0) is 24.0. The van der Waals surface area contributed by atoms with E-state index in [2.05, 4.69) is 58.0 Å². The molecule has 3 N–H and O–H groups in total. The maximum Gasteiger partial charge on any atom is 0.226 e. The van der Waals surface area contributed by atoms with Crippen molar-refractivity contribution >= 4 is 28.6 Å². The lowest BCUT2D eigenvalue weighted by Gasteiger charge is -2.44. The summed E-state index contributed by atoms with van der Waals surface area (Å²) in [5.74, 6) is 0.629. The third-order valence-corrected chi connectivity index (χ3v) is 7.48. The van der Waals surface area contributed by atoms with Crippen LogP contribution in [0.15, 0.2) is 30.6 Å². The summed E-state index contributed by atoms with van der Waals surface area (Å²) in [6.45, 7) is 5.48. The van der Waals surface area contributed by atoms with Crippen molar-refractivity contribution in [2.75, 3.05) is 18.1 Å². The zero-order valence-corrected chi connectivity index (χ0v) is 20.1. The topological polar surface area (TPSA) is 117 Å². The van der Waals surface area contributed by atoms with Crippen LogP contribution in [-0.4, -0.2) is 66.3 Å². The van der Waals surface area contributed by atoms with Crippen LogP contribution in [0, 0.1) is 0 Å². The van der Waals surface area contributed by atoms with E-state index < -0.39 is 31.1 Å². The normalized spacial score (nSPS) is 29.1. The third kappa shape index (κ3) is 3.67. The summed E-state index contributed by atoms with van der Waals surface area (Å²) in [5, 5.41) is 30.3. The van der Waals surface area contributed by atoms with E-state index in [1.54, 1.807) is 4.57 Å². The first kappa shape index (κ1) is 23.4. The summed E-state index contributed by atoms with van der Waals surface area (Å²) in [4.78, 5) is 15.7. The van der Waals surface area contributed by atoms with Gasteiger partial charge in [-0.3, -0.25) is 4.57 Å². The molecule has 0 spiro atoms. The van der Waals surface area contributed by atoms with E-state index in [1.807, 2.05) is 0 Å². The first-order chi connectivity index (χ1) is 16.4. The first-order valence-corrected chi connectivity index (χ1v) is 12.2. The summed E-state index contributed by atoms with van der Waals surface area (Å²) in [5.41, 5.74) is 3.59. The van der Waals surface area contributed by atoms with Gasteiger partial charge in [0.25, 0.3) is 0 Å². The van der Waals surface area contributed by atoms with Crippen LogP contribution in [-0.2, 0) is 16.7 Å². The molecule has 3 aromatic rings. The van der Waals surface area contributed by atoms with Crippen molar-refractivity contribution in [3.63, 3.8) is 0 Å². The van der Waals surface area contributed by atoms with Gasteiger partial charge in [0, 0.05) is 18.5 Å². The molecule has 0 saturated carbocycles. The number of anilines is 1. The van der Waals surface area contributed by atoms with E-state index in [0.717, 1.165) is 25.8 Å². The Morgan fingerprint density at radius 1 is 1.18 bits per heavy atom. The predicted molar refractivity (Wildman–Crippen MR) is 128 cm³/mol. The first-order valence-electron chi connectivity index (χ1n) is 11.8. The van der Waals surface area contributed by atoms with Crippen molar-refractivity contribution in [2.24, 2.45) is 0 Å². The van der Waals surface area contributed by atoms with Gasteiger partial charge in [-0.25, -0.2) is 4.98 Å². The van der Waals surface area contributed by atoms with Crippen molar-refractivity contribution < 1.29 is 20.1 Å². The second-order valence-electron chi connectivity index (χ2n) is 9.27. The molecule has 5 rings (SSSR count). The van der Waals surface area contributed by atoms with Gasteiger partial charge >= 0.3 is 0 Å². The van der Waals surface area contributed by atoms with Gasteiger partial charge in [-0.05, 0) is 35.6 Å². The molecule has 5 atom stereocenters. The maximum atomic E-state index is 10.5. The van der Waals surface area contributed by atoms with Crippen LogP contribution >= 0.6 is 11.6 Å². The summed E-state index contributed by atoms with van der Waals surface area (Å²) >= 11 is 6.38. The monoisotopic (exact) mass is 487 g/mol. The number of benzene rings is 1. The minimum Gasteiger partial charge on any atom is -0.394 e. The molecule has 1 aromatic carbocycles. The number of aromatic nitrogens is 4. The van der Waals surface area contributed by atoms with Gasteiger partial charge in [0.05, 0.1) is 12.9 Å². The van der Waals surface area contributed by atoms with Crippen molar-refractivity contribution in [2.45, 2.75) is 69.6 Å². The van der Waals surface area contributed by atoms with Gasteiger partial charge in [-0.1, -0.05) is 44.5 Å². The van der Waals surface area contributed by atoms with E-state index >= 15 is 0 Å². The fourth-order valence-corrected chi connectivity index (χ4v) is 5.76. The molecule has 5 unspecified atom stereocenters. The fraction of sp³-hybridized carbons (Fsp3) is 0.542. The van der Waals surface area contributed by atoms with E-state index in [4.69, 9.17) is 16.3 Å². The predicted octanol–water partition coefficient (Wildman–Crippen LogP) is 2.56. The Kier molecular flexibility index (Phi) is 6.24. The molecule has 10 heteroatoms. The second kappa shape index (κ2) is 9.05. The molecule has 34 heavy (non-hydrogen) atoms. The van der Waals surface area contributed by atoms with Crippen molar-refractivity contribution in [1.82, 2.24) is 19.5 Å². The molecule has 4 heterocycles. The Balaban J connectivity index is 1.59. The summed E-state index contributed by atoms with van der Waals surface area (Å²) in [7, 11) is 0. The van der Waals surface area contributed by atoms with Crippen LogP contribution in [0.1, 0.15) is 50.5 Å². The Morgan fingerprint density at radius 3 is 2.68 bits per heavy atom. The van der Waals surface area contributed by atoms with Gasteiger partial charge in [0.1, 0.15) is 18.3 Å². The molecule has 182 valence electrons. The fourth-order valence-electron chi connectivity index (χ4n) is 5.60. The number of fused-ring (bicyclic) bond motifs is 2. The molecule has 2 aromatic heterocycles. The molecule has 0 radical (unpaired) electrons. The Bertz CT molecular complexity index is 1190. The number of rotatable bonds is 6. The van der Waals surface area contributed by atoms with Crippen LogP contribution < -0.4 is 4.90 Å². The molecule has 2 aliphatic rings. The Hall–Kier alpha value is -2.30. The van der Waals surface area contributed by atoms with Crippen LogP contribution in [0.25, 0.3) is 11.2 Å². The zero-order valence-electron chi connectivity index (χ0n) is 19.3. The highest BCUT2D eigenvalue weighted by molar-refractivity contribution is 6.28. The lowest BCUT2D eigenvalue weighted by Crippen LogP contribution is -2.46. The number of ether oxygens (including phenoxy) is 1. The van der Waals surface area contributed by atoms with Gasteiger partial charge in [-0.15, -0.1) is 0 Å². The average Bonchev–Trinajstić information content (AvgIpc) is 3.38. The molecule has 9 nitrogen and oxygen atoms in total. The van der Waals surface area contributed by atoms with Crippen LogP contribution in [0.5, 0.6) is 0 Å². The molecular formula is C24H30ClN5O4.